The van der Waals surface area contributed by atoms with Gasteiger partial charge in [-0.05, 0) is 73.5 Å². The number of aromatic nitrogens is 1. The zero-order valence-electron chi connectivity index (χ0n) is 22.8. The highest BCUT2D eigenvalue weighted by molar-refractivity contribution is 7.22. The third kappa shape index (κ3) is 5.67. The van der Waals surface area contributed by atoms with E-state index in [1.807, 2.05) is 32.0 Å². The molecule has 1 saturated heterocycles. The van der Waals surface area contributed by atoms with Gasteiger partial charge in [0.05, 0.1) is 35.0 Å². The summed E-state index contributed by atoms with van der Waals surface area (Å²) in [5.41, 5.74) is 1.67. The number of Topliss-reactive ketones (excluding diaryl/α,β-unsaturated/α-hetero) is 1. The molecule has 0 saturated carbocycles. The fourth-order valence-corrected chi connectivity index (χ4v) is 5.60. The summed E-state index contributed by atoms with van der Waals surface area (Å²) in [6, 6.07) is 18.4. The first-order valence-corrected chi connectivity index (χ1v) is 14.2. The van der Waals surface area contributed by atoms with Gasteiger partial charge in [0.2, 0.25) is 0 Å². The largest absolute Gasteiger partial charge is 0.507 e. The normalized spacial score (nSPS) is 16.2. The second-order valence-corrected chi connectivity index (χ2v) is 10.3. The highest BCUT2D eigenvalue weighted by atomic mass is 32.1. The van der Waals surface area contributed by atoms with Crippen LogP contribution in [0.2, 0.25) is 0 Å². The minimum absolute atomic E-state index is 0.0220. The van der Waals surface area contributed by atoms with Crippen LogP contribution < -0.4 is 19.1 Å². The van der Waals surface area contributed by atoms with Crippen LogP contribution in [-0.4, -0.2) is 41.6 Å². The number of fused-ring (bicyclic) bond motifs is 1. The first-order chi connectivity index (χ1) is 19.9. The van der Waals surface area contributed by atoms with Crippen molar-refractivity contribution in [2.45, 2.75) is 26.3 Å². The number of hydrogen-bond donors (Lipinski definition) is 1. The molecule has 3 aromatic carbocycles. The van der Waals surface area contributed by atoms with Crippen molar-refractivity contribution in [1.29, 1.82) is 0 Å². The molecule has 9 heteroatoms. The van der Waals surface area contributed by atoms with E-state index in [1.165, 1.54) is 16.2 Å². The second-order valence-electron chi connectivity index (χ2n) is 9.27. The number of carbonyl (C=O) groups excluding carboxylic acids is 2. The fourth-order valence-electron chi connectivity index (χ4n) is 4.58. The minimum Gasteiger partial charge on any atom is -0.507 e. The van der Waals surface area contributed by atoms with E-state index in [0.717, 1.165) is 11.1 Å². The van der Waals surface area contributed by atoms with Crippen LogP contribution in [0.5, 0.6) is 17.2 Å². The Bertz CT molecular complexity index is 1610. The Balaban J connectivity index is 1.61. The van der Waals surface area contributed by atoms with Gasteiger partial charge < -0.3 is 19.3 Å². The standard InChI is InChI=1S/C32H30N2O6S/c1-4-17-39-22-11-7-20(8-12-22)28-27(29(35)21-9-13-23(14-10-21)40-18-5-2)30(36)31(37)34(28)32-33-25-16-15-24(38-6-3)19-26(25)41-32/h4,7-16,19,28,35H,1,5-6,17-18H2,2-3H3. The van der Waals surface area contributed by atoms with E-state index in [9.17, 15) is 14.7 Å². The van der Waals surface area contributed by atoms with E-state index in [0.29, 0.717) is 58.8 Å². The van der Waals surface area contributed by atoms with Gasteiger partial charge in [0.15, 0.2) is 5.13 Å². The number of aliphatic hydroxyl groups excluding tert-OH is 1. The number of carbonyl (C=O) groups is 2. The molecular weight excluding hydrogens is 540 g/mol. The molecule has 1 amide bonds. The van der Waals surface area contributed by atoms with Gasteiger partial charge in [0, 0.05) is 5.56 Å². The lowest BCUT2D eigenvalue weighted by Crippen LogP contribution is -2.29. The second kappa shape index (κ2) is 12.3. The van der Waals surface area contributed by atoms with Crippen LogP contribution in [0.1, 0.15) is 37.4 Å². The third-order valence-electron chi connectivity index (χ3n) is 6.47. The van der Waals surface area contributed by atoms with E-state index in [-0.39, 0.29) is 11.3 Å². The molecule has 1 N–H and O–H groups in total. The lowest BCUT2D eigenvalue weighted by atomic mass is 9.95. The quantitative estimate of drug-likeness (QED) is 0.0930. The van der Waals surface area contributed by atoms with Crippen LogP contribution in [0.25, 0.3) is 16.0 Å². The molecule has 0 aliphatic carbocycles. The number of ketones is 1. The molecule has 8 nitrogen and oxygen atoms in total. The molecule has 41 heavy (non-hydrogen) atoms. The first-order valence-electron chi connectivity index (χ1n) is 13.4. The van der Waals surface area contributed by atoms with Gasteiger partial charge in [-0.1, -0.05) is 43.0 Å². The van der Waals surface area contributed by atoms with E-state index >= 15 is 0 Å². The first kappa shape index (κ1) is 27.9. The molecule has 1 atom stereocenters. The highest BCUT2D eigenvalue weighted by Gasteiger charge is 2.48. The van der Waals surface area contributed by atoms with Crippen molar-refractivity contribution in [2.24, 2.45) is 0 Å². The van der Waals surface area contributed by atoms with Gasteiger partial charge in [-0.25, -0.2) is 4.98 Å². The number of rotatable bonds is 11. The van der Waals surface area contributed by atoms with Crippen LogP contribution in [0.4, 0.5) is 5.13 Å². The van der Waals surface area contributed by atoms with Gasteiger partial charge in [-0.2, -0.15) is 0 Å². The smallest absolute Gasteiger partial charge is 0.301 e. The SMILES string of the molecule is C=CCOc1ccc(C2C(=C(O)c3ccc(OCCC)cc3)C(=O)C(=O)N2c2nc3ccc(OCC)cc3s2)cc1. The van der Waals surface area contributed by atoms with E-state index < -0.39 is 17.7 Å². The van der Waals surface area contributed by atoms with Gasteiger partial charge in [-0.15, -0.1) is 0 Å². The fraction of sp³-hybridized carbons (Fsp3) is 0.219. The van der Waals surface area contributed by atoms with Gasteiger partial charge in [0.25, 0.3) is 5.78 Å². The molecule has 0 bridgehead atoms. The van der Waals surface area contributed by atoms with Crippen molar-refractivity contribution in [3.63, 3.8) is 0 Å². The average Bonchev–Trinajstić information content (AvgIpc) is 3.52. The summed E-state index contributed by atoms with van der Waals surface area (Å²) in [4.78, 5) is 33.2. The number of amides is 1. The molecule has 1 aliphatic heterocycles. The molecule has 1 fully saturated rings. The Labute approximate surface area is 242 Å². The number of nitrogens with zero attached hydrogens (tertiary/aromatic N) is 2. The van der Waals surface area contributed by atoms with Crippen LogP contribution >= 0.6 is 11.3 Å². The monoisotopic (exact) mass is 570 g/mol. The van der Waals surface area contributed by atoms with E-state index in [4.69, 9.17) is 14.2 Å². The van der Waals surface area contributed by atoms with E-state index in [1.54, 1.807) is 54.6 Å². The molecule has 0 radical (unpaired) electrons. The maximum Gasteiger partial charge on any atom is 0.301 e. The highest BCUT2D eigenvalue weighted by Crippen LogP contribution is 2.45. The van der Waals surface area contributed by atoms with Crippen LogP contribution in [-0.2, 0) is 9.59 Å². The summed E-state index contributed by atoms with van der Waals surface area (Å²) in [6.45, 7) is 9.01. The predicted molar refractivity (Wildman–Crippen MR) is 160 cm³/mol. The van der Waals surface area contributed by atoms with Crippen molar-refractivity contribution in [2.75, 3.05) is 24.7 Å². The van der Waals surface area contributed by atoms with Crippen LogP contribution in [0.3, 0.4) is 0 Å². The molecule has 210 valence electrons. The van der Waals surface area contributed by atoms with Crippen molar-refractivity contribution in [1.82, 2.24) is 4.98 Å². The van der Waals surface area contributed by atoms with Crippen LogP contribution in [0, 0.1) is 0 Å². The molecule has 1 unspecified atom stereocenters. The Morgan fingerprint density at radius 2 is 1.66 bits per heavy atom. The van der Waals surface area contributed by atoms with E-state index in [2.05, 4.69) is 11.6 Å². The summed E-state index contributed by atoms with van der Waals surface area (Å²) < 4.78 is 17.7. The van der Waals surface area contributed by atoms with Crippen molar-refractivity contribution >= 4 is 44.1 Å². The summed E-state index contributed by atoms with van der Waals surface area (Å²) in [7, 11) is 0. The maximum absolute atomic E-state index is 13.6. The van der Waals surface area contributed by atoms with Gasteiger partial charge in [-0.3, -0.25) is 14.5 Å². The molecule has 1 aromatic heterocycles. The minimum atomic E-state index is -0.911. The van der Waals surface area contributed by atoms with Gasteiger partial charge >= 0.3 is 5.91 Å². The molecule has 4 aromatic rings. The number of aliphatic hydroxyl groups is 1. The molecular formula is C32H30N2O6S. The zero-order valence-corrected chi connectivity index (χ0v) is 23.6. The lowest BCUT2D eigenvalue weighted by Gasteiger charge is -2.23. The molecule has 5 rings (SSSR count). The number of thiazole rings is 1. The summed E-state index contributed by atoms with van der Waals surface area (Å²) in [5, 5.41) is 11.8. The average molecular weight is 571 g/mol. The Kier molecular flexibility index (Phi) is 8.35. The Morgan fingerprint density at radius 3 is 2.34 bits per heavy atom. The third-order valence-corrected chi connectivity index (χ3v) is 7.49. The van der Waals surface area contributed by atoms with Gasteiger partial charge in [0.1, 0.15) is 29.6 Å². The zero-order chi connectivity index (χ0) is 28.9. The number of hydrogen-bond acceptors (Lipinski definition) is 8. The molecule has 0 spiro atoms. The number of benzene rings is 3. The van der Waals surface area contributed by atoms with Crippen molar-refractivity contribution in [3.8, 4) is 17.2 Å². The van der Waals surface area contributed by atoms with Crippen molar-refractivity contribution in [3.05, 3.63) is 96.1 Å². The topological polar surface area (TPSA) is 98.2 Å². The number of anilines is 1. The molecule has 1 aliphatic rings. The molecule has 2 heterocycles. The van der Waals surface area contributed by atoms with Crippen LogP contribution in [0.15, 0.2) is 85.0 Å². The summed E-state index contributed by atoms with van der Waals surface area (Å²) in [5.74, 6) is 0.114. The predicted octanol–water partition coefficient (Wildman–Crippen LogP) is 6.67. The maximum atomic E-state index is 13.6. The van der Waals surface area contributed by atoms with Crippen molar-refractivity contribution < 1.29 is 28.9 Å². The summed E-state index contributed by atoms with van der Waals surface area (Å²) >= 11 is 1.28. The Hall–Kier alpha value is -4.63. The number of ether oxygens (including phenoxy) is 3. The summed E-state index contributed by atoms with van der Waals surface area (Å²) in [6.07, 6.45) is 2.51. The Morgan fingerprint density at radius 1 is 0.976 bits per heavy atom. The lowest BCUT2D eigenvalue weighted by molar-refractivity contribution is -0.132.